The summed E-state index contributed by atoms with van der Waals surface area (Å²) in [5.41, 5.74) is 2.02. The van der Waals surface area contributed by atoms with Gasteiger partial charge in [-0.1, -0.05) is 12.1 Å². The first-order valence-electron chi connectivity index (χ1n) is 7.88. The van der Waals surface area contributed by atoms with Crippen LogP contribution < -0.4 is 9.47 Å². The predicted molar refractivity (Wildman–Crippen MR) is 96.5 cm³/mol. The van der Waals surface area contributed by atoms with Gasteiger partial charge in [-0.15, -0.1) is 0 Å². The van der Waals surface area contributed by atoms with Crippen LogP contribution in [0.3, 0.4) is 0 Å². The summed E-state index contributed by atoms with van der Waals surface area (Å²) in [7, 11) is -0.511. The third-order valence-electron chi connectivity index (χ3n) is 4.18. The molecule has 2 aromatic rings. The zero-order chi connectivity index (χ0) is 18.9. The number of benzene rings is 2. The molecule has 0 saturated carbocycles. The molecule has 0 radical (unpaired) electrons. The van der Waals surface area contributed by atoms with Crippen molar-refractivity contribution in [3.05, 3.63) is 59.4 Å². The lowest BCUT2D eigenvalue weighted by Gasteiger charge is -2.21. The molecule has 0 unspecified atom stereocenters. The summed E-state index contributed by atoms with van der Waals surface area (Å²) in [5, 5.41) is 4.31. The summed E-state index contributed by atoms with van der Waals surface area (Å²) in [6.45, 7) is 0. The molecule has 3 rings (SSSR count). The highest BCUT2D eigenvalue weighted by molar-refractivity contribution is 7.88. The topological polar surface area (TPSA) is 68.2 Å². The maximum absolute atomic E-state index is 13.2. The largest absolute Gasteiger partial charge is 0.493 e. The highest BCUT2D eigenvalue weighted by atomic mass is 32.2. The normalized spacial score (nSPS) is 17.2. The molecule has 0 aliphatic carbocycles. The number of halogens is 1. The molecule has 2 aromatic carbocycles. The zero-order valence-corrected chi connectivity index (χ0v) is 15.5. The van der Waals surface area contributed by atoms with Gasteiger partial charge in [0.1, 0.15) is 5.82 Å². The van der Waals surface area contributed by atoms with E-state index in [0.29, 0.717) is 29.2 Å². The summed E-state index contributed by atoms with van der Waals surface area (Å²) in [5.74, 6) is 0.729. The average Bonchev–Trinajstić information content (AvgIpc) is 3.07. The van der Waals surface area contributed by atoms with Crippen LogP contribution in [0.4, 0.5) is 4.39 Å². The van der Waals surface area contributed by atoms with Gasteiger partial charge in [-0.05, 0) is 35.9 Å². The zero-order valence-electron chi connectivity index (χ0n) is 14.6. The highest BCUT2D eigenvalue weighted by Crippen LogP contribution is 2.36. The van der Waals surface area contributed by atoms with Gasteiger partial charge in [-0.3, -0.25) is 0 Å². The standard InChI is InChI=1S/C18H19FN2O4S/c1-24-17-9-6-13(10-18(17)25-2)15-11-16(21(20-15)26(3,22)23)12-4-7-14(19)8-5-12/h4-10,16H,11H2,1-3H3/t16-/m1/s1. The second-order valence-corrected chi connectivity index (χ2v) is 7.76. The van der Waals surface area contributed by atoms with E-state index in [-0.39, 0.29) is 5.82 Å². The molecule has 1 aliphatic heterocycles. The van der Waals surface area contributed by atoms with Crippen LogP contribution in [0.25, 0.3) is 0 Å². The molecular formula is C18H19FN2O4S. The number of ether oxygens (including phenoxy) is 2. The van der Waals surface area contributed by atoms with Gasteiger partial charge in [0.15, 0.2) is 11.5 Å². The first-order chi connectivity index (χ1) is 12.3. The Morgan fingerprint density at radius 1 is 1.08 bits per heavy atom. The molecule has 0 N–H and O–H groups in total. The van der Waals surface area contributed by atoms with E-state index in [4.69, 9.17) is 9.47 Å². The lowest BCUT2D eigenvalue weighted by molar-refractivity contribution is 0.355. The minimum atomic E-state index is -3.58. The van der Waals surface area contributed by atoms with Gasteiger partial charge in [-0.2, -0.15) is 9.52 Å². The Balaban J connectivity index is 2.00. The molecule has 26 heavy (non-hydrogen) atoms. The Labute approximate surface area is 151 Å². The van der Waals surface area contributed by atoms with E-state index in [2.05, 4.69) is 5.10 Å². The predicted octanol–water partition coefficient (Wildman–Crippen LogP) is 2.95. The van der Waals surface area contributed by atoms with Crippen LogP contribution in [0.5, 0.6) is 11.5 Å². The van der Waals surface area contributed by atoms with E-state index in [1.807, 2.05) is 0 Å². The van der Waals surface area contributed by atoms with Crippen molar-refractivity contribution in [1.82, 2.24) is 4.41 Å². The smallest absolute Gasteiger partial charge is 0.247 e. The van der Waals surface area contributed by atoms with Crippen molar-refractivity contribution >= 4 is 15.7 Å². The van der Waals surface area contributed by atoms with Crippen molar-refractivity contribution in [1.29, 1.82) is 0 Å². The third kappa shape index (κ3) is 3.50. The fraction of sp³-hybridized carbons (Fsp3) is 0.278. The third-order valence-corrected chi connectivity index (χ3v) is 5.20. The Hall–Kier alpha value is -2.61. The van der Waals surface area contributed by atoms with Gasteiger partial charge in [-0.25, -0.2) is 12.8 Å². The lowest BCUT2D eigenvalue weighted by atomic mass is 9.99. The fourth-order valence-corrected chi connectivity index (χ4v) is 3.82. The molecule has 1 atom stereocenters. The second-order valence-electron chi connectivity index (χ2n) is 5.92. The monoisotopic (exact) mass is 378 g/mol. The molecule has 0 aromatic heterocycles. The van der Waals surface area contributed by atoms with Crippen LogP contribution in [0.1, 0.15) is 23.6 Å². The first-order valence-corrected chi connectivity index (χ1v) is 9.73. The van der Waals surface area contributed by atoms with Crippen molar-refractivity contribution in [2.45, 2.75) is 12.5 Å². The van der Waals surface area contributed by atoms with Crippen LogP contribution in [-0.2, 0) is 10.0 Å². The van der Waals surface area contributed by atoms with Crippen molar-refractivity contribution in [3.8, 4) is 11.5 Å². The summed E-state index contributed by atoms with van der Waals surface area (Å²) in [6.07, 6.45) is 1.47. The van der Waals surface area contributed by atoms with E-state index >= 15 is 0 Å². The number of hydrogen-bond acceptors (Lipinski definition) is 5. The number of hydrogen-bond donors (Lipinski definition) is 0. The fourth-order valence-electron chi connectivity index (χ4n) is 2.92. The molecular weight excluding hydrogens is 359 g/mol. The Bertz CT molecular complexity index is 942. The van der Waals surface area contributed by atoms with E-state index < -0.39 is 16.1 Å². The molecule has 0 bridgehead atoms. The minimum absolute atomic E-state index is 0.369. The molecule has 0 fully saturated rings. The van der Waals surface area contributed by atoms with Crippen molar-refractivity contribution in [3.63, 3.8) is 0 Å². The van der Waals surface area contributed by atoms with Gasteiger partial charge in [0.25, 0.3) is 0 Å². The summed E-state index contributed by atoms with van der Waals surface area (Å²) in [4.78, 5) is 0. The van der Waals surface area contributed by atoms with Crippen molar-refractivity contribution in [2.75, 3.05) is 20.5 Å². The van der Waals surface area contributed by atoms with Gasteiger partial charge in [0.2, 0.25) is 10.0 Å². The number of methoxy groups -OCH3 is 2. The van der Waals surface area contributed by atoms with Crippen molar-refractivity contribution < 1.29 is 22.3 Å². The number of rotatable bonds is 5. The Morgan fingerprint density at radius 3 is 2.31 bits per heavy atom. The summed E-state index contributed by atoms with van der Waals surface area (Å²) in [6, 6.07) is 10.5. The van der Waals surface area contributed by atoms with Crippen molar-refractivity contribution in [2.24, 2.45) is 5.10 Å². The molecule has 0 spiro atoms. The lowest BCUT2D eigenvalue weighted by Crippen LogP contribution is -2.25. The van der Waals surface area contributed by atoms with E-state index in [0.717, 1.165) is 16.2 Å². The highest BCUT2D eigenvalue weighted by Gasteiger charge is 2.34. The molecule has 0 saturated heterocycles. The van der Waals surface area contributed by atoms with Gasteiger partial charge in [0, 0.05) is 12.0 Å². The van der Waals surface area contributed by atoms with E-state index in [9.17, 15) is 12.8 Å². The maximum Gasteiger partial charge on any atom is 0.247 e. The van der Waals surface area contributed by atoms with Gasteiger partial charge in [0.05, 0.1) is 32.2 Å². The van der Waals surface area contributed by atoms with Crippen LogP contribution >= 0.6 is 0 Å². The van der Waals surface area contributed by atoms with Crippen LogP contribution in [0.15, 0.2) is 47.6 Å². The first kappa shape index (κ1) is 18.2. The number of nitrogens with zero attached hydrogens (tertiary/aromatic N) is 2. The van der Waals surface area contributed by atoms with Gasteiger partial charge >= 0.3 is 0 Å². The molecule has 0 amide bonds. The number of sulfonamides is 1. The Kier molecular flexibility index (Phi) is 4.86. The van der Waals surface area contributed by atoms with Crippen LogP contribution in [-0.4, -0.2) is 39.0 Å². The van der Waals surface area contributed by atoms with Crippen LogP contribution in [0.2, 0.25) is 0 Å². The van der Waals surface area contributed by atoms with E-state index in [1.54, 1.807) is 37.4 Å². The molecule has 6 nitrogen and oxygen atoms in total. The molecule has 8 heteroatoms. The molecule has 138 valence electrons. The maximum atomic E-state index is 13.2. The van der Waals surface area contributed by atoms with Crippen LogP contribution in [0, 0.1) is 5.82 Å². The Morgan fingerprint density at radius 2 is 1.73 bits per heavy atom. The minimum Gasteiger partial charge on any atom is -0.493 e. The average molecular weight is 378 g/mol. The van der Waals surface area contributed by atoms with E-state index in [1.165, 1.54) is 19.2 Å². The SMILES string of the molecule is COc1ccc(C2=NN(S(C)(=O)=O)[C@@H](c3ccc(F)cc3)C2)cc1OC. The second kappa shape index (κ2) is 6.95. The molecule has 1 aliphatic rings. The number of hydrazone groups is 1. The summed E-state index contributed by atoms with van der Waals surface area (Å²) < 4.78 is 49.2. The quantitative estimate of drug-likeness (QED) is 0.802. The van der Waals surface area contributed by atoms with Gasteiger partial charge < -0.3 is 9.47 Å². The molecule has 1 heterocycles. The summed E-state index contributed by atoms with van der Waals surface area (Å²) >= 11 is 0.